The lowest BCUT2D eigenvalue weighted by Gasteiger charge is -1.98. The molecule has 0 aliphatic rings. The molecule has 0 bridgehead atoms. The Hall–Kier alpha value is -1.35. The molecule has 0 radical (unpaired) electrons. The fourth-order valence-corrected chi connectivity index (χ4v) is 1.04. The number of hydrogen-bond acceptors (Lipinski definition) is 3. The van der Waals surface area contributed by atoms with Crippen LogP contribution in [0.3, 0.4) is 0 Å². The Morgan fingerprint density at radius 1 is 1.57 bits per heavy atom. The molecule has 1 heterocycles. The van der Waals surface area contributed by atoms with Gasteiger partial charge in [-0.1, -0.05) is 19.1 Å². The molecule has 1 aromatic rings. The van der Waals surface area contributed by atoms with Gasteiger partial charge in [0.2, 0.25) is 0 Å². The van der Waals surface area contributed by atoms with Gasteiger partial charge in [-0.3, -0.25) is 0 Å². The van der Waals surface area contributed by atoms with Crippen LogP contribution in [0.5, 0.6) is 0 Å². The van der Waals surface area contributed by atoms with Gasteiger partial charge in [-0.2, -0.15) is 0 Å². The maximum atomic E-state index is 5.66. The fraction of sp³-hybridized carbons (Fsp3) is 0.364. The van der Waals surface area contributed by atoms with E-state index >= 15 is 0 Å². The summed E-state index contributed by atoms with van der Waals surface area (Å²) < 4.78 is 5.30. The van der Waals surface area contributed by atoms with E-state index in [1.165, 1.54) is 0 Å². The van der Waals surface area contributed by atoms with E-state index in [9.17, 15) is 0 Å². The Kier molecular flexibility index (Phi) is 4.72. The van der Waals surface area contributed by atoms with Gasteiger partial charge < -0.3 is 10.5 Å². The van der Waals surface area contributed by atoms with Crippen LogP contribution < -0.4 is 5.73 Å². The van der Waals surface area contributed by atoms with Crippen LogP contribution in [0.1, 0.15) is 18.9 Å². The van der Waals surface area contributed by atoms with E-state index in [4.69, 9.17) is 10.5 Å². The lowest BCUT2D eigenvalue weighted by Crippen LogP contribution is -1.94. The van der Waals surface area contributed by atoms with Crippen LogP contribution in [0, 0.1) is 0 Å². The van der Waals surface area contributed by atoms with Crippen LogP contribution in [0.2, 0.25) is 0 Å². The Bertz CT molecular complexity index is 297. The van der Waals surface area contributed by atoms with Crippen molar-refractivity contribution in [2.24, 2.45) is 0 Å². The average Bonchev–Trinajstić information content (AvgIpc) is 2.20. The van der Waals surface area contributed by atoms with Gasteiger partial charge in [-0.25, -0.2) is 4.98 Å². The van der Waals surface area contributed by atoms with Crippen LogP contribution in [0.4, 0.5) is 5.82 Å². The van der Waals surface area contributed by atoms with Gasteiger partial charge in [-0.15, -0.1) is 0 Å². The largest absolute Gasteiger partial charge is 0.383 e. The van der Waals surface area contributed by atoms with Crippen molar-refractivity contribution in [3.8, 4) is 0 Å². The smallest absolute Gasteiger partial charge is 0.130 e. The van der Waals surface area contributed by atoms with Crippen molar-refractivity contribution in [2.45, 2.75) is 13.3 Å². The van der Waals surface area contributed by atoms with Crippen LogP contribution in [0.25, 0.3) is 6.08 Å². The topological polar surface area (TPSA) is 48.1 Å². The molecule has 2 N–H and O–H groups in total. The summed E-state index contributed by atoms with van der Waals surface area (Å²) in [5.41, 5.74) is 6.60. The molecule has 3 heteroatoms. The molecule has 0 saturated carbocycles. The number of rotatable bonds is 5. The highest BCUT2D eigenvalue weighted by atomic mass is 16.5. The number of nitrogen functional groups attached to an aromatic ring is 1. The standard InChI is InChI=1S/C11H16N2O/c1-2-8-14-9-4-6-10-5-3-7-13-11(10)12/h3-7H,2,8-9H2,1H3,(H2,12,13)/b6-4+. The Balaban J connectivity index is 2.40. The number of hydrogen-bond donors (Lipinski definition) is 1. The molecule has 0 aliphatic heterocycles. The van der Waals surface area contributed by atoms with E-state index in [2.05, 4.69) is 11.9 Å². The summed E-state index contributed by atoms with van der Waals surface area (Å²) in [4.78, 5) is 3.98. The third-order valence-electron chi connectivity index (χ3n) is 1.73. The molecule has 0 spiro atoms. The Labute approximate surface area is 84.6 Å². The molecule has 0 amide bonds. The molecule has 14 heavy (non-hydrogen) atoms. The maximum Gasteiger partial charge on any atom is 0.130 e. The molecule has 1 aromatic heterocycles. The number of nitrogens with two attached hydrogens (primary N) is 1. The zero-order valence-electron chi connectivity index (χ0n) is 8.44. The molecule has 0 atom stereocenters. The first kappa shape index (κ1) is 10.7. The highest BCUT2D eigenvalue weighted by molar-refractivity contribution is 5.60. The van der Waals surface area contributed by atoms with E-state index in [1.54, 1.807) is 6.20 Å². The highest BCUT2D eigenvalue weighted by Crippen LogP contribution is 2.08. The first-order chi connectivity index (χ1) is 6.84. The summed E-state index contributed by atoms with van der Waals surface area (Å²) >= 11 is 0. The van der Waals surface area contributed by atoms with Crippen LogP contribution >= 0.6 is 0 Å². The predicted octanol–water partition coefficient (Wildman–Crippen LogP) is 2.10. The summed E-state index contributed by atoms with van der Waals surface area (Å²) in [6.45, 7) is 3.51. The number of anilines is 1. The maximum absolute atomic E-state index is 5.66. The number of pyridine rings is 1. The molecule has 0 unspecified atom stereocenters. The van der Waals surface area contributed by atoms with Crippen LogP contribution in [-0.2, 0) is 4.74 Å². The van der Waals surface area contributed by atoms with Crippen molar-refractivity contribution in [1.29, 1.82) is 0 Å². The zero-order chi connectivity index (χ0) is 10.2. The molecular formula is C11H16N2O. The van der Waals surface area contributed by atoms with E-state index in [1.807, 2.05) is 24.3 Å². The summed E-state index contributed by atoms with van der Waals surface area (Å²) in [7, 11) is 0. The minimum atomic E-state index is 0.555. The normalized spacial score (nSPS) is 10.9. The van der Waals surface area contributed by atoms with Gasteiger partial charge in [-0.05, 0) is 18.6 Å². The van der Waals surface area contributed by atoms with Gasteiger partial charge in [0.15, 0.2) is 0 Å². The third-order valence-corrected chi connectivity index (χ3v) is 1.73. The van der Waals surface area contributed by atoms with Crippen molar-refractivity contribution in [1.82, 2.24) is 4.98 Å². The third kappa shape index (κ3) is 3.58. The van der Waals surface area contributed by atoms with Crippen molar-refractivity contribution in [2.75, 3.05) is 18.9 Å². The molecule has 0 aromatic carbocycles. The number of aromatic nitrogens is 1. The van der Waals surface area contributed by atoms with Crippen LogP contribution in [-0.4, -0.2) is 18.2 Å². The Morgan fingerprint density at radius 2 is 2.43 bits per heavy atom. The first-order valence-corrected chi connectivity index (χ1v) is 4.79. The molecular weight excluding hydrogens is 176 g/mol. The SMILES string of the molecule is CCCOC/C=C/c1cccnc1N. The lowest BCUT2D eigenvalue weighted by molar-refractivity contribution is 0.163. The molecule has 76 valence electrons. The summed E-state index contributed by atoms with van der Waals surface area (Å²) in [5.74, 6) is 0.555. The van der Waals surface area contributed by atoms with Crippen molar-refractivity contribution in [3.05, 3.63) is 30.0 Å². The summed E-state index contributed by atoms with van der Waals surface area (Å²) in [6, 6.07) is 3.79. The minimum Gasteiger partial charge on any atom is -0.383 e. The second-order valence-corrected chi connectivity index (χ2v) is 2.96. The van der Waals surface area contributed by atoms with Crippen molar-refractivity contribution < 1.29 is 4.74 Å². The van der Waals surface area contributed by atoms with Crippen LogP contribution in [0.15, 0.2) is 24.4 Å². The van der Waals surface area contributed by atoms with Crippen molar-refractivity contribution >= 4 is 11.9 Å². The van der Waals surface area contributed by atoms with E-state index in [0.29, 0.717) is 12.4 Å². The summed E-state index contributed by atoms with van der Waals surface area (Å²) in [6.07, 6.45) is 6.60. The van der Waals surface area contributed by atoms with Gasteiger partial charge in [0.1, 0.15) is 5.82 Å². The minimum absolute atomic E-state index is 0.555. The molecule has 0 saturated heterocycles. The van der Waals surface area contributed by atoms with Gasteiger partial charge in [0.05, 0.1) is 6.61 Å². The fourth-order valence-electron chi connectivity index (χ4n) is 1.04. The first-order valence-electron chi connectivity index (χ1n) is 4.79. The monoisotopic (exact) mass is 192 g/mol. The molecule has 0 fully saturated rings. The Morgan fingerprint density at radius 3 is 3.14 bits per heavy atom. The molecule has 3 nitrogen and oxygen atoms in total. The van der Waals surface area contributed by atoms with E-state index in [-0.39, 0.29) is 0 Å². The zero-order valence-corrected chi connectivity index (χ0v) is 8.44. The van der Waals surface area contributed by atoms with E-state index < -0.39 is 0 Å². The lowest BCUT2D eigenvalue weighted by atomic mass is 10.2. The van der Waals surface area contributed by atoms with Gasteiger partial charge in [0, 0.05) is 18.4 Å². The van der Waals surface area contributed by atoms with Gasteiger partial charge in [0.25, 0.3) is 0 Å². The predicted molar refractivity (Wildman–Crippen MR) is 58.8 cm³/mol. The number of ether oxygens (including phenoxy) is 1. The number of nitrogens with zero attached hydrogens (tertiary/aromatic N) is 1. The second-order valence-electron chi connectivity index (χ2n) is 2.96. The highest BCUT2D eigenvalue weighted by Gasteiger charge is 1.92. The quantitative estimate of drug-likeness (QED) is 0.727. The van der Waals surface area contributed by atoms with Gasteiger partial charge >= 0.3 is 0 Å². The summed E-state index contributed by atoms with van der Waals surface area (Å²) in [5, 5.41) is 0. The molecule has 1 rings (SSSR count). The van der Waals surface area contributed by atoms with Crippen molar-refractivity contribution in [3.63, 3.8) is 0 Å². The second kappa shape index (κ2) is 6.16. The molecule has 0 aliphatic carbocycles. The van der Waals surface area contributed by atoms with E-state index in [0.717, 1.165) is 18.6 Å². The average molecular weight is 192 g/mol.